The fourth-order valence-corrected chi connectivity index (χ4v) is 9.20. The first-order valence-corrected chi connectivity index (χ1v) is 23.2. The minimum Gasteiger partial charge on any atom is -0.308 e. The Morgan fingerprint density at radius 2 is 0.652 bits per heavy atom. The van der Waals surface area contributed by atoms with Crippen molar-refractivity contribution in [2.45, 2.75) is 13.8 Å². The SMILES string of the molecule is Cc1ccc(-c2ccc3c4ccc(-c5ccc(C)cc5)cc4n(-c4ccc(-c5cc(-c6ccccc6)nc(-c6ccccc6)n5)cc4-c4nc(-c5ccccc5)nc(-c5ccccc5)n4)c3c2)cc1. The quantitative estimate of drug-likeness (QED) is 0.144. The van der Waals surface area contributed by atoms with E-state index in [-0.39, 0.29) is 0 Å². The lowest BCUT2D eigenvalue weighted by Crippen LogP contribution is -2.04. The molecule has 0 bridgehead atoms. The number of aromatic nitrogens is 6. The van der Waals surface area contributed by atoms with E-state index in [0.29, 0.717) is 23.3 Å². The van der Waals surface area contributed by atoms with Crippen LogP contribution in [0.2, 0.25) is 0 Å². The molecule has 0 spiro atoms. The van der Waals surface area contributed by atoms with Crippen LogP contribution in [0.25, 0.3) is 118 Å². The molecule has 326 valence electrons. The number of rotatable bonds is 9. The van der Waals surface area contributed by atoms with Gasteiger partial charge in [0.05, 0.1) is 28.1 Å². The van der Waals surface area contributed by atoms with E-state index in [1.54, 1.807) is 0 Å². The lowest BCUT2D eigenvalue weighted by atomic mass is 10.0. The Balaban J connectivity index is 1.17. The van der Waals surface area contributed by atoms with Crippen LogP contribution in [0.15, 0.2) is 231 Å². The maximum absolute atomic E-state index is 5.37. The largest absolute Gasteiger partial charge is 0.308 e. The summed E-state index contributed by atoms with van der Waals surface area (Å²) < 4.78 is 2.40. The summed E-state index contributed by atoms with van der Waals surface area (Å²) in [5.41, 5.74) is 17.1. The molecule has 0 fully saturated rings. The minimum absolute atomic E-state index is 0.541. The molecule has 0 aliphatic carbocycles. The van der Waals surface area contributed by atoms with Crippen molar-refractivity contribution in [3.63, 3.8) is 0 Å². The van der Waals surface area contributed by atoms with Crippen LogP contribution in [0.1, 0.15) is 11.1 Å². The molecule has 69 heavy (non-hydrogen) atoms. The van der Waals surface area contributed by atoms with E-state index in [2.05, 4.69) is 176 Å². The molecule has 0 aliphatic heterocycles. The van der Waals surface area contributed by atoms with Gasteiger partial charge in [0.25, 0.3) is 0 Å². The van der Waals surface area contributed by atoms with Gasteiger partial charge in [0.15, 0.2) is 23.3 Å². The highest BCUT2D eigenvalue weighted by molar-refractivity contribution is 6.11. The third-order valence-corrected chi connectivity index (χ3v) is 12.8. The Bertz CT molecular complexity index is 3590. The third-order valence-electron chi connectivity index (χ3n) is 12.8. The van der Waals surface area contributed by atoms with Crippen LogP contribution in [0.4, 0.5) is 0 Å². The average molecular weight is 885 g/mol. The molecule has 9 aromatic carbocycles. The molecule has 12 aromatic rings. The van der Waals surface area contributed by atoms with Crippen LogP contribution in [0, 0.1) is 13.8 Å². The number of nitrogens with zero attached hydrogens (tertiary/aromatic N) is 6. The molecule has 0 N–H and O–H groups in total. The summed E-state index contributed by atoms with van der Waals surface area (Å²) in [6.07, 6.45) is 0. The summed E-state index contributed by atoms with van der Waals surface area (Å²) in [5.74, 6) is 2.35. The molecular weight excluding hydrogens is 841 g/mol. The number of aryl methyl sites for hydroxylation is 2. The zero-order valence-corrected chi connectivity index (χ0v) is 38.1. The van der Waals surface area contributed by atoms with Crippen molar-refractivity contribution in [3.8, 4) is 96.0 Å². The van der Waals surface area contributed by atoms with Gasteiger partial charge in [-0.25, -0.2) is 24.9 Å². The highest BCUT2D eigenvalue weighted by atomic mass is 15.1. The van der Waals surface area contributed by atoms with Gasteiger partial charge in [0.1, 0.15) is 0 Å². The van der Waals surface area contributed by atoms with Crippen molar-refractivity contribution in [3.05, 3.63) is 242 Å². The normalized spacial score (nSPS) is 11.3. The standard InChI is InChI=1S/C63H44N6/c1-41-23-27-43(28-24-41)49-31-34-52-53-35-32-50(44-29-25-42(2)26-30-44)39-59(53)69(58(52)38-49)57-36-33-51(56-40-55(45-15-7-3-8-16-45)64-60(65-56)46-17-9-4-10-18-46)37-54(57)63-67-61(47-19-11-5-12-20-47)66-62(68-63)48-21-13-6-14-22-48/h3-40H,1-2H3. The van der Waals surface area contributed by atoms with Gasteiger partial charge in [0.2, 0.25) is 0 Å². The molecule has 0 amide bonds. The Labute approximate surface area is 401 Å². The molecule has 0 aliphatic rings. The van der Waals surface area contributed by atoms with E-state index in [4.69, 9.17) is 24.9 Å². The van der Waals surface area contributed by atoms with Crippen LogP contribution in [0.3, 0.4) is 0 Å². The maximum atomic E-state index is 5.37. The average Bonchev–Trinajstić information content (AvgIpc) is 3.74. The first-order chi connectivity index (χ1) is 34.0. The number of benzene rings is 9. The fourth-order valence-electron chi connectivity index (χ4n) is 9.20. The second kappa shape index (κ2) is 17.6. The van der Waals surface area contributed by atoms with Crippen molar-refractivity contribution in [2.75, 3.05) is 0 Å². The first-order valence-electron chi connectivity index (χ1n) is 23.2. The molecule has 0 atom stereocenters. The molecule has 6 heteroatoms. The molecule has 12 rings (SSSR count). The van der Waals surface area contributed by atoms with E-state index >= 15 is 0 Å². The summed E-state index contributed by atoms with van der Waals surface area (Å²) in [4.78, 5) is 26.3. The molecule has 0 unspecified atom stereocenters. The molecule has 0 saturated heterocycles. The van der Waals surface area contributed by atoms with Gasteiger partial charge in [-0.15, -0.1) is 0 Å². The maximum Gasteiger partial charge on any atom is 0.166 e. The Hall–Kier alpha value is -9.13. The zero-order valence-electron chi connectivity index (χ0n) is 38.1. The van der Waals surface area contributed by atoms with Crippen LogP contribution in [-0.4, -0.2) is 29.5 Å². The monoisotopic (exact) mass is 884 g/mol. The first kappa shape index (κ1) is 41.3. The van der Waals surface area contributed by atoms with Gasteiger partial charge in [-0.1, -0.05) is 211 Å². The topological polar surface area (TPSA) is 69.4 Å². The van der Waals surface area contributed by atoms with E-state index < -0.39 is 0 Å². The van der Waals surface area contributed by atoms with E-state index in [1.807, 2.05) is 72.8 Å². The van der Waals surface area contributed by atoms with Gasteiger partial charge >= 0.3 is 0 Å². The summed E-state index contributed by atoms with van der Waals surface area (Å²) >= 11 is 0. The van der Waals surface area contributed by atoms with Gasteiger partial charge in [-0.3, -0.25) is 0 Å². The van der Waals surface area contributed by atoms with Crippen LogP contribution in [0.5, 0.6) is 0 Å². The minimum atomic E-state index is 0.541. The van der Waals surface area contributed by atoms with E-state index in [1.165, 1.54) is 11.1 Å². The van der Waals surface area contributed by atoms with Crippen molar-refractivity contribution >= 4 is 21.8 Å². The highest BCUT2D eigenvalue weighted by Gasteiger charge is 2.22. The zero-order chi connectivity index (χ0) is 46.3. The van der Waals surface area contributed by atoms with Crippen molar-refractivity contribution in [2.24, 2.45) is 0 Å². The van der Waals surface area contributed by atoms with Gasteiger partial charge in [-0.2, -0.15) is 0 Å². The van der Waals surface area contributed by atoms with Gasteiger partial charge in [-0.05, 0) is 66.4 Å². The predicted molar refractivity (Wildman–Crippen MR) is 283 cm³/mol. The fraction of sp³-hybridized carbons (Fsp3) is 0.0317. The third kappa shape index (κ3) is 8.04. The smallest absolute Gasteiger partial charge is 0.166 e. The summed E-state index contributed by atoms with van der Waals surface area (Å²) in [6.45, 7) is 4.25. The van der Waals surface area contributed by atoms with E-state index in [0.717, 1.165) is 94.5 Å². The summed E-state index contributed by atoms with van der Waals surface area (Å²) in [7, 11) is 0. The lowest BCUT2D eigenvalue weighted by Gasteiger charge is -2.17. The molecule has 6 nitrogen and oxygen atoms in total. The summed E-state index contributed by atoms with van der Waals surface area (Å²) in [5, 5.41) is 2.29. The highest BCUT2D eigenvalue weighted by Crippen LogP contribution is 2.41. The molecule has 0 saturated carbocycles. The molecule has 0 radical (unpaired) electrons. The van der Waals surface area contributed by atoms with Crippen molar-refractivity contribution < 1.29 is 0 Å². The Kier molecular flexibility index (Phi) is 10.5. The van der Waals surface area contributed by atoms with Crippen LogP contribution < -0.4 is 0 Å². The Morgan fingerprint density at radius 1 is 0.275 bits per heavy atom. The van der Waals surface area contributed by atoms with Crippen molar-refractivity contribution in [1.29, 1.82) is 0 Å². The summed E-state index contributed by atoms with van der Waals surface area (Å²) in [6, 6.07) is 80.6. The van der Waals surface area contributed by atoms with E-state index in [9.17, 15) is 0 Å². The molecule has 3 aromatic heterocycles. The predicted octanol–water partition coefficient (Wildman–Crippen LogP) is 15.7. The van der Waals surface area contributed by atoms with Gasteiger partial charge < -0.3 is 4.57 Å². The molecular formula is C63H44N6. The van der Waals surface area contributed by atoms with Crippen molar-refractivity contribution in [1.82, 2.24) is 29.5 Å². The molecule has 3 heterocycles. The number of hydrogen-bond acceptors (Lipinski definition) is 5. The Morgan fingerprint density at radius 3 is 1.12 bits per heavy atom. The number of fused-ring (bicyclic) bond motifs is 3. The second-order valence-corrected chi connectivity index (χ2v) is 17.5. The van der Waals surface area contributed by atoms with Crippen LogP contribution in [-0.2, 0) is 0 Å². The van der Waals surface area contributed by atoms with Crippen LogP contribution >= 0.6 is 0 Å². The second-order valence-electron chi connectivity index (χ2n) is 17.5. The number of hydrogen-bond donors (Lipinski definition) is 0. The van der Waals surface area contributed by atoms with Gasteiger partial charge in [0, 0.05) is 44.2 Å². The lowest BCUT2D eigenvalue weighted by molar-refractivity contribution is 1.06.